The van der Waals surface area contributed by atoms with Gasteiger partial charge in [0.25, 0.3) is 0 Å². The molecule has 18 heavy (non-hydrogen) atoms. The van der Waals surface area contributed by atoms with Crippen LogP contribution in [0.25, 0.3) is 0 Å². The lowest BCUT2D eigenvalue weighted by Gasteiger charge is -2.26. The van der Waals surface area contributed by atoms with Gasteiger partial charge in [0.15, 0.2) is 0 Å². The fourth-order valence-electron chi connectivity index (χ4n) is 2.52. The van der Waals surface area contributed by atoms with Gasteiger partial charge in [0.1, 0.15) is 6.10 Å². The van der Waals surface area contributed by atoms with Crippen molar-refractivity contribution in [2.75, 3.05) is 0 Å². The quantitative estimate of drug-likeness (QED) is 0.816. The number of hydrogen-bond acceptors (Lipinski definition) is 3. The zero-order valence-corrected chi connectivity index (χ0v) is 13.3. The molecule has 4 heteroatoms. The van der Waals surface area contributed by atoms with E-state index in [4.69, 9.17) is 10.5 Å². The minimum absolute atomic E-state index is 0.0406. The molecular weight excluding hydrogens is 310 g/mol. The van der Waals surface area contributed by atoms with E-state index in [0.29, 0.717) is 6.10 Å². The molecule has 0 aliphatic heterocycles. The summed E-state index contributed by atoms with van der Waals surface area (Å²) in [5.41, 5.74) is 6.10. The predicted molar refractivity (Wildman–Crippen MR) is 81.0 cm³/mol. The number of rotatable bonds is 4. The zero-order chi connectivity index (χ0) is 13.0. The molecule has 2 N–H and O–H groups in total. The lowest BCUT2D eigenvalue weighted by atomic mass is 10.1. The summed E-state index contributed by atoms with van der Waals surface area (Å²) < 4.78 is 7.44. The van der Waals surface area contributed by atoms with Crippen molar-refractivity contribution in [1.82, 2.24) is 0 Å². The summed E-state index contributed by atoms with van der Waals surface area (Å²) in [6.07, 6.45) is 8.12. The summed E-state index contributed by atoms with van der Waals surface area (Å²) in [6.45, 7) is 2.04. The van der Waals surface area contributed by atoms with Crippen molar-refractivity contribution in [3.8, 4) is 0 Å². The van der Waals surface area contributed by atoms with Crippen molar-refractivity contribution in [3.63, 3.8) is 0 Å². The fourth-order valence-corrected chi connectivity index (χ4v) is 4.09. The summed E-state index contributed by atoms with van der Waals surface area (Å²) in [4.78, 5) is 1.24. The van der Waals surface area contributed by atoms with Crippen molar-refractivity contribution in [3.05, 3.63) is 20.8 Å². The topological polar surface area (TPSA) is 35.2 Å². The highest BCUT2D eigenvalue weighted by molar-refractivity contribution is 9.11. The molecule has 2 atom stereocenters. The summed E-state index contributed by atoms with van der Waals surface area (Å²) in [5, 5.41) is 0. The van der Waals surface area contributed by atoms with Gasteiger partial charge < -0.3 is 10.5 Å². The van der Waals surface area contributed by atoms with Gasteiger partial charge >= 0.3 is 0 Å². The molecule has 1 aliphatic carbocycles. The van der Waals surface area contributed by atoms with E-state index in [1.165, 1.54) is 43.4 Å². The number of thiophene rings is 1. The van der Waals surface area contributed by atoms with Crippen LogP contribution in [0.5, 0.6) is 0 Å². The molecule has 2 nitrogen and oxygen atoms in total. The Labute approximate surface area is 122 Å². The third-order valence-corrected chi connectivity index (χ3v) is 5.18. The summed E-state index contributed by atoms with van der Waals surface area (Å²) in [5.74, 6) is 0. The van der Waals surface area contributed by atoms with Gasteiger partial charge in [0.05, 0.1) is 9.89 Å². The van der Waals surface area contributed by atoms with Crippen LogP contribution >= 0.6 is 27.3 Å². The van der Waals surface area contributed by atoms with Crippen molar-refractivity contribution in [2.24, 2.45) is 5.73 Å². The van der Waals surface area contributed by atoms with Gasteiger partial charge in [-0.05, 0) is 47.8 Å². The van der Waals surface area contributed by atoms with E-state index < -0.39 is 0 Å². The Morgan fingerprint density at radius 1 is 1.28 bits per heavy atom. The summed E-state index contributed by atoms with van der Waals surface area (Å²) in [7, 11) is 0. The first-order valence-corrected chi connectivity index (χ1v) is 8.44. The molecule has 102 valence electrons. The Hall–Kier alpha value is 0.1000. The van der Waals surface area contributed by atoms with E-state index in [2.05, 4.69) is 28.1 Å². The van der Waals surface area contributed by atoms with Crippen LogP contribution in [0.3, 0.4) is 0 Å². The van der Waals surface area contributed by atoms with E-state index in [-0.39, 0.29) is 12.1 Å². The molecule has 0 aromatic carbocycles. The molecule has 0 amide bonds. The normalized spacial score (nSPS) is 21.5. The van der Waals surface area contributed by atoms with Crippen LogP contribution in [0.15, 0.2) is 15.9 Å². The minimum Gasteiger partial charge on any atom is -0.368 e. The van der Waals surface area contributed by atoms with Gasteiger partial charge in [-0.1, -0.05) is 25.7 Å². The van der Waals surface area contributed by atoms with Crippen LogP contribution in [0.2, 0.25) is 0 Å². The molecule has 0 bridgehead atoms. The Morgan fingerprint density at radius 3 is 2.44 bits per heavy atom. The number of nitrogens with two attached hydrogens (primary N) is 1. The maximum atomic E-state index is 6.30. The summed E-state index contributed by atoms with van der Waals surface area (Å²) in [6, 6.07) is 4.24. The van der Waals surface area contributed by atoms with Crippen LogP contribution in [-0.4, -0.2) is 12.1 Å². The highest BCUT2D eigenvalue weighted by Gasteiger charge is 2.23. The van der Waals surface area contributed by atoms with Gasteiger partial charge in [0, 0.05) is 10.9 Å². The minimum atomic E-state index is 0.0406. The van der Waals surface area contributed by atoms with Crippen molar-refractivity contribution >= 4 is 27.3 Å². The van der Waals surface area contributed by atoms with Gasteiger partial charge in [-0.15, -0.1) is 11.3 Å². The monoisotopic (exact) mass is 331 g/mol. The van der Waals surface area contributed by atoms with Crippen LogP contribution < -0.4 is 5.73 Å². The SMILES string of the molecule is CC(N)C(OC1CCCCCC1)c1ccc(Br)s1. The number of ether oxygens (including phenoxy) is 1. The number of halogens is 1. The predicted octanol–water partition coefficient (Wildman–Crippen LogP) is 4.64. The van der Waals surface area contributed by atoms with E-state index in [0.717, 1.165) is 3.79 Å². The van der Waals surface area contributed by atoms with Crippen LogP contribution in [-0.2, 0) is 4.74 Å². The van der Waals surface area contributed by atoms with E-state index in [1.807, 2.05) is 6.92 Å². The first kappa shape index (κ1) is 14.5. The second kappa shape index (κ2) is 7.04. The molecule has 0 spiro atoms. The molecule has 1 heterocycles. The van der Waals surface area contributed by atoms with Crippen molar-refractivity contribution in [1.29, 1.82) is 0 Å². The lowest BCUT2D eigenvalue weighted by Crippen LogP contribution is -2.29. The second-order valence-corrected chi connectivity index (χ2v) is 7.67. The molecule has 2 unspecified atom stereocenters. The largest absolute Gasteiger partial charge is 0.368 e. The molecule has 1 aromatic heterocycles. The molecular formula is C14H22BrNOS. The van der Waals surface area contributed by atoms with Crippen LogP contribution in [0.4, 0.5) is 0 Å². The zero-order valence-electron chi connectivity index (χ0n) is 10.9. The smallest absolute Gasteiger partial charge is 0.107 e. The average Bonchev–Trinajstić information content (AvgIpc) is 2.61. The van der Waals surface area contributed by atoms with Gasteiger partial charge in [-0.2, -0.15) is 0 Å². The summed E-state index contributed by atoms with van der Waals surface area (Å²) >= 11 is 5.24. The van der Waals surface area contributed by atoms with Crippen molar-refractivity contribution in [2.45, 2.75) is 63.7 Å². The molecule has 1 aliphatic rings. The van der Waals surface area contributed by atoms with Gasteiger partial charge in [-0.3, -0.25) is 0 Å². The van der Waals surface area contributed by atoms with Crippen LogP contribution in [0, 0.1) is 0 Å². The average molecular weight is 332 g/mol. The highest BCUT2D eigenvalue weighted by atomic mass is 79.9. The Bertz CT molecular complexity index is 358. The molecule has 0 radical (unpaired) electrons. The Balaban J connectivity index is 2.01. The number of hydrogen-bond donors (Lipinski definition) is 1. The highest BCUT2D eigenvalue weighted by Crippen LogP contribution is 2.33. The maximum Gasteiger partial charge on any atom is 0.107 e. The Kier molecular flexibility index (Phi) is 5.67. The fraction of sp³-hybridized carbons (Fsp3) is 0.714. The van der Waals surface area contributed by atoms with Crippen molar-refractivity contribution < 1.29 is 4.74 Å². The second-order valence-electron chi connectivity index (χ2n) is 5.17. The Morgan fingerprint density at radius 2 is 1.94 bits per heavy atom. The standard InChI is InChI=1S/C14H22BrNOS/c1-10(16)14(12-8-9-13(15)18-12)17-11-6-4-2-3-5-7-11/h8-11,14H,2-7,16H2,1H3. The first-order chi connectivity index (χ1) is 8.66. The molecule has 0 saturated heterocycles. The third-order valence-electron chi connectivity index (χ3n) is 3.49. The molecule has 1 aromatic rings. The van der Waals surface area contributed by atoms with Gasteiger partial charge in [-0.25, -0.2) is 0 Å². The van der Waals surface area contributed by atoms with E-state index in [1.54, 1.807) is 11.3 Å². The lowest BCUT2D eigenvalue weighted by molar-refractivity contribution is -0.0290. The molecule has 1 saturated carbocycles. The van der Waals surface area contributed by atoms with Crippen LogP contribution in [0.1, 0.15) is 56.4 Å². The van der Waals surface area contributed by atoms with E-state index in [9.17, 15) is 0 Å². The van der Waals surface area contributed by atoms with Gasteiger partial charge in [0.2, 0.25) is 0 Å². The third kappa shape index (κ3) is 4.05. The first-order valence-electron chi connectivity index (χ1n) is 6.83. The van der Waals surface area contributed by atoms with E-state index >= 15 is 0 Å². The molecule has 1 fully saturated rings. The molecule has 2 rings (SSSR count). The maximum absolute atomic E-state index is 6.30.